The highest BCUT2D eigenvalue weighted by molar-refractivity contribution is 6.05. The van der Waals surface area contributed by atoms with Gasteiger partial charge in [0.05, 0.1) is 0 Å². The van der Waals surface area contributed by atoms with Crippen molar-refractivity contribution in [1.82, 2.24) is 5.32 Å². The summed E-state index contributed by atoms with van der Waals surface area (Å²) in [5.74, 6) is -0.0838. The Hall–Kier alpha value is -2.82. The van der Waals surface area contributed by atoms with E-state index in [2.05, 4.69) is 10.6 Å². The molecule has 142 valence electrons. The maximum Gasteiger partial charge on any atom is 0.326 e. The number of carbonyl (C=O) groups excluding carboxylic acids is 2. The third-order valence-corrected chi connectivity index (χ3v) is 5.16. The van der Waals surface area contributed by atoms with Gasteiger partial charge in [0.15, 0.2) is 0 Å². The summed E-state index contributed by atoms with van der Waals surface area (Å²) >= 11 is 0. The molecule has 0 bridgehead atoms. The monoisotopic (exact) mass is 365 g/mol. The first-order valence-electron chi connectivity index (χ1n) is 9.40. The Morgan fingerprint density at radius 3 is 2.48 bits per heavy atom. The number of benzene rings is 2. The largest absolute Gasteiger partial charge is 0.347 e. The Balaban J connectivity index is 1.80. The molecular formula is C22H27N3O2. The molecule has 0 atom stereocenters. The SMILES string of the molecule is CCC(C)(C)NC(=O)c1cccc2c1CCN2C(=O)Nc1ccc(C)cc1. The molecule has 5 heteroatoms. The molecule has 0 aliphatic carbocycles. The van der Waals surface area contributed by atoms with Gasteiger partial charge in [-0.3, -0.25) is 9.69 Å². The molecular weight excluding hydrogens is 338 g/mol. The molecule has 27 heavy (non-hydrogen) atoms. The van der Waals surface area contributed by atoms with Gasteiger partial charge >= 0.3 is 6.03 Å². The third kappa shape index (κ3) is 4.13. The van der Waals surface area contributed by atoms with Crippen LogP contribution in [0.25, 0.3) is 0 Å². The van der Waals surface area contributed by atoms with Crippen LogP contribution in [0.2, 0.25) is 0 Å². The summed E-state index contributed by atoms with van der Waals surface area (Å²) in [4.78, 5) is 27.2. The van der Waals surface area contributed by atoms with Crippen molar-refractivity contribution in [3.05, 3.63) is 59.2 Å². The van der Waals surface area contributed by atoms with E-state index in [-0.39, 0.29) is 17.5 Å². The van der Waals surface area contributed by atoms with Crippen LogP contribution in [-0.2, 0) is 6.42 Å². The number of hydrogen-bond acceptors (Lipinski definition) is 2. The molecule has 0 spiro atoms. The van der Waals surface area contributed by atoms with Crippen LogP contribution in [0.3, 0.4) is 0 Å². The van der Waals surface area contributed by atoms with Gasteiger partial charge < -0.3 is 10.6 Å². The number of nitrogens with one attached hydrogen (secondary N) is 2. The van der Waals surface area contributed by atoms with Crippen molar-refractivity contribution >= 4 is 23.3 Å². The van der Waals surface area contributed by atoms with Gasteiger partial charge in [0.2, 0.25) is 0 Å². The molecule has 0 saturated heterocycles. The van der Waals surface area contributed by atoms with Crippen molar-refractivity contribution in [3.8, 4) is 0 Å². The molecule has 2 N–H and O–H groups in total. The summed E-state index contributed by atoms with van der Waals surface area (Å²) in [5.41, 5.74) is 4.03. The van der Waals surface area contributed by atoms with E-state index in [1.807, 2.05) is 70.2 Å². The molecule has 1 aliphatic rings. The van der Waals surface area contributed by atoms with Crippen LogP contribution in [0.5, 0.6) is 0 Å². The van der Waals surface area contributed by atoms with Gasteiger partial charge in [0.1, 0.15) is 0 Å². The van der Waals surface area contributed by atoms with Crippen LogP contribution < -0.4 is 15.5 Å². The standard InChI is InChI=1S/C22H27N3O2/c1-5-22(3,4)24-20(26)18-7-6-8-19-17(18)13-14-25(19)21(27)23-16-11-9-15(2)10-12-16/h6-12H,5,13-14H2,1-4H3,(H,23,27)(H,24,26). The minimum Gasteiger partial charge on any atom is -0.347 e. The minimum atomic E-state index is -0.263. The first kappa shape index (κ1) is 19.0. The van der Waals surface area contributed by atoms with Crippen molar-refractivity contribution in [2.75, 3.05) is 16.8 Å². The van der Waals surface area contributed by atoms with Gasteiger partial charge in [-0.1, -0.05) is 30.7 Å². The number of aryl methyl sites for hydroxylation is 1. The number of fused-ring (bicyclic) bond motifs is 1. The van der Waals surface area contributed by atoms with Gasteiger partial charge in [-0.25, -0.2) is 4.79 Å². The van der Waals surface area contributed by atoms with Gasteiger partial charge in [0.25, 0.3) is 5.91 Å². The fraction of sp³-hybridized carbons (Fsp3) is 0.364. The van der Waals surface area contributed by atoms with Crippen molar-refractivity contribution in [3.63, 3.8) is 0 Å². The van der Waals surface area contributed by atoms with Crippen LogP contribution in [0.4, 0.5) is 16.2 Å². The molecule has 1 heterocycles. The van der Waals surface area contributed by atoms with Gasteiger partial charge in [-0.2, -0.15) is 0 Å². The number of carbonyl (C=O) groups is 2. The predicted molar refractivity (Wildman–Crippen MR) is 110 cm³/mol. The number of amides is 3. The van der Waals surface area contributed by atoms with Crippen molar-refractivity contribution in [2.45, 2.75) is 46.1 Å². The Bertz CT molecular complexity index is 856. The molecule has 0 saturated carbocycles. The van der Waals surface area contributed by atoms with Crippen LogP contribution in [0.1, 0.15) is 48.7 Å². The smallest absolute Gasteiger partial charge is 0.326 e. The number of rotatable bonds is 4. The predicted octanol–water partition coefficient (Wildman–Crippen LogP) is 4.51. The average Bonchev–Trinajstić information content (AvgIpc) is 3.07. The third-order valence-electron chi connectivity index (χ3n) is 5.16. The zero-order valence-corrected chi connectivity index (χ0v) is 16.4. The lowest BCUT2D eigenvalue weighted by atomic mass is 9.99. The van der Waals surface area contributed by atoms with E-state index < -0.39 is 0 Å². The highest BCUT2D eigenvalue weighted by Crippen LogP contribution is 2.31. The van der Waals surface area contributed by atoms with Crippen LogP contribution in [0.15, 0.2) is 42.5 Å². The molecule has 3 rings (SSSR count). The lowest BCUT2D eigenvalue weighted by Gasteiger charge is -2.25. The Morgan fingerprint density at radius 1 is 1.11 bits per heavy atom. The summed E-state index contributed by atoms with van der Waals surface area (Å²) in [6, 6.07) is 13.1. The van der Waals surface area contributed by atoms with E-state index >= 15 is 0 Å². The maximum atomic E-state index is 12.7. The van der Waals surface area contributed by atoms with Crippen molar-refractivity contribution < 1.29 is 9.59 Å². The summed E-state index contributed by atoms with van der Waals surface area (Å²) in [6.07, 6.45) is 1.52. The van der Waals surface area contributed by atoms with Gasteiger partial charge in [-0.05, 0) is 63.4 Å². The van der Waals surface area contributed by atoms with Gasteiger partial charge in [0, 0.05) is 29.0 Å². The quantitative estimate of drug-likeness (QED) is 0.837. The number of hydrogen-bond donors (Lipinski definition) is 2. The van der Waals surface area contributed by atoms with Crippen LogP contribution in [-0.4, -0.2) is 24.0 Å². The lowest BCUT2D eigenvalue weighted by molar-refractivity contribution is 0.0910. The fourth-order valence-corrected chi connectivity index (χ4v) is 3.15. The first-order valence-corrected chi connectivity index (χ1v) is 9.40. The second kappa shape index (κ2) is 7.43. The molecule has 0 fully saturated rings. The zero-order valence-electron chi connectivity index (χ0n) is 16.4. The zero-order chi connectivity index (χ0) is 19.6. The molecule has 0 unspecified atom stereocenters. The number of nitrogens with zero attached hydrogens (tertiary/aromatic N) is 1. The van der Waals surface area contributed by atoms with Crippen LogP contribution in [0, 0.1) is 6.92 Å². The second-order valence-corrected chi connectivity index (χ2v) is 7.69. The Labute approximate surface area is 160 Å². The number of anilines is 2. The normalized spacial score (nSPS) is 13.3. The molecule has 3 amide bonds. The Morgan fingerprint density at radius 2 is 1.81 bits per heavy atom. The summed E-state index contributed by atoms with van der Waals surface area (Å²) in [6.45, 7) is 8.64. The molecule has 2 aromatic carbocycles. The summed E-state index contributed by atoms with van der Waals surface area (Å²) < 4.78 is 0. The first-order chi connectivity index (χ1) is 12.8. The second-order valence-electron chi connectivity index (χ2n) is 7.69. The van der Waals surface area contributed by atoms with E-state index in [1.54, 1.807) is 4.90 Å². The highest BCUT2D eigenvalue weighted by Gasteiger charge is 2.29. The summed E-state index contributed by atoms with van der Waals surface area (Å²) in [7, 11) is 0. The molecule has 2 aromatic rings. The average molecular weight is 365 g/mol. The maximum absolute atomic E-state index is 12.7. The Kier molecular flexibility index (Phi) is 5.22. The van der Waals surface area contributed by atoms with E-state index in [4.69, 9.17) is 0 Å². The fourth-order valence-electron chi connectivity index (χ4n) is 3.15. The molecule has 5 nitrogen and oxygen atoms in total. The molecule has 0 aromatic heterocycles. The number of urea groups is 1. The van der Waals surface area contributed by atoms with Crippen molar-refractivity contribution in [2.24, 2.45) is 0 Å². The topological polar surface area (TPSA) is 61.4 Å². The lowest BCUT2D eigenvalue weighted by Crippen LogP contribution is -2.43. The minimum absolute atomic E-state index is 0.0838. The molecule has 0 radical (unpaired) electrons. The van der Waals surface area contributed by atoms with E-state index in [0.717, 1.165) is 28.9 Å². The van der Waals surface area contributed by atoms with Crippen LogP contribution >= 0.6 is 0 Å². The van der Waals surface area contributed by atoms with E-state index in [1.165, 1.54) is 0 Å². The van der Waals surface area contributed by atoms with E-state index in [9.17, 15) is 9.59 Å². The highest BCUT2D eigenvalue weighted by atomic mass is 16.2. The summed E-state index contributed by atoms with van der Waals surface area (Å²) in [5, 5.41) is 6.02. The van der Waals surface area contributed by atoms with Gasteiger partial charge in [-0.15, -0.1) is 0 Å². The van der Waals surface area contributed by atoms with Crippen molar-refractivity contribution in [1.29, 1.82) is 0 Å². The van der Waals surface area contributed by atoms with E-state index in [0.29, 0.717) is 18.5 Å². The molecule has 1 aliphatic heterocycles.